The molecule has 0 aliphatic heterocycles. The lowest BCUT2D eigenvalue weighted by Crippen LogP contribution is -2.01. The summed E-state index contributed by atoms with van der Waals surface area (Å²) in [5.41, 5.74) is 1.06. The van der Waals surface area contributed by atoms with E-state index in [0.29, 0.717) is 0 Å². The Hall–Kier alpha value is -0.350. The quantitative estimate of drug-likeness (QED) is 0.260. The fraction of sp³-hybridized carbons (Fsp3) is 0.882. The van der Waals surface area contributed by atoms with Crippen molar-refractivity contribution in [2.45, 2.75) is 90.9 Å². The van der Waals surface area contributed by atoms with Gasteiger partial charge in [-0.05, 0) is 19.8 Å². The van der Waals surface area contributed by atoms with Crippen LogP contribution in [0.3, 0.4) is 0 Å². The van der Waals surface area contributed by atoms with Crippen molar-refractivity contribution in [3.63, 3.8) is 0 Å². The monoisotopic (exact) mass is 318 g/mol. The van der Waals surface area contributed by atoms with Gasteiger partial charge in [-0.1, -0.05) is 82.8 Å². The third-order valence-corrected chi connectivity index (χ3v) is 4.40. The fourth-order valence-corrected chi connectivity index (χ4v) is 2.91. The highest BCUT2D eigenvalue weighted by Crippen LogP contribution is 2.13. The van der Waals surface area contributed by atoms with Gasteiger partial charge in [0.1, 0.15) is 0 Å². The largest absolute Gasteiger partial charge is 0.285 e. The first-order chi connectivity index (χ1) is 9.95. The molecule has 0 spiro atoms. The van der Waals surface area contributed by atoms with E-state index in [1.54, 1.807) is 6.08 Å². The average Bonchev–Trinajstić information content (AvgIpc) is 2.42. The molecule has 0 aromatic rings. The Morgan fingerprint density at radius 1 is 0.857 bits per heavy atom. The lowest BCUT2D eigenvalue weighted by Gasteiger charge is -2.03. The zero-order chi connectivity index (χ0) is 16.0. The van der Waals surface area contributed by atoms with Gasteiger partial charge in [0.25, 0.3) is 10.1 Å². The first-order valence-electron chi connectivity index (χ1n) is 8.56. The molecule has 0 rings (SSSR count). The van der Waals surface area contributed by atoms with Crippen molar-refractivity contribution in [2.24, 2.45) is 0 Å². The van der Waals surface area contributed by atoms with Crippen LogP contribution >= 0.6 is 0 Å². The third kappa shape index (κ3) is 17.6. The Balaban J connectivity index is 3.32. The SMILES string of the molecule is CCCCCCCCCCCCCC(C)=CCS(=O)(=O)O. The van der Waals surface area contributed by atoms with Gasteiger partial charge >= 0.3 is 0 Å². The van der Waals surface area contributed by atoms with Crippen molar-refractivity contribution in [3.8, 4) is 0 Å². The normalized spacial score (nSPS) is 12.8. The number of unbranched alkanes of at least 4 members (excludes halogenated alkanes) is 10. The molecule has 0 atom stereocenters. The van der Waals surface area contributed by atoms with Crippen LogP contribution in [0.1, 0.15) is 90.9 Å². The van der Waals surface area contributed by atoms with Crippen molar-refractivity contribution >= 4 is 10.1 Å². The van der Waals surface area contributed by atoms with Crippen molar-refractivity contribution in [1.82, 2.24) is 0 Å². The van der Waals surface area contributed by atoms with Crippen molar-refractivity contribution < 1.29 is 13.0 Å². The standard InChI is InChI=1S/C17H34O3S/c1-3-4-5-6-7-8-9-10-11-12-13-14-17(2)15-16-21(18,19)20/h15H,3-14,16H2,1-2H3,(H,18,19,20). The van der Waals surface area contributed by atoms with Crippen molar-refractivity contribution in [2.75, 3.05) is 5.75 Å². The molecule has 3 nitrogen and oxygen atoms in total. The second-order valence-electron chi connectivity index (χ2n) is 6.08. The van der Waals surface area contributed by atoms with Gasteiger partial charge in [-0.25, -0.2) is 0 Å². The minimum atomic E-state index is -3.85. The molecule has 0 fully saturated rings. The Morgan fingerprint density at radius 3 is 1.71 bits per heavy atom. The molecule has 1 N–H and O–H groups in total. The highest BCUT2D eigenvalue weighted by atomic mass is 32.2. The fourth-order valence-electron chi connectivity index (χ4n) is 2.42. The second-order valence-corrected chi connectivity index (χ2v) is 7.58. The maximum Gasteiger partial charge on any atom is 0.268 e. The Kier molecular flexibility index (Phi) is 13.1. The van der Waals surface area contributed by atoms with Crippen LogP contribution in [0.4, 0.5) is 0 Å². The Labute approximate surface area is 132 Å². The molecule has 0 aromatic carbocycles. The highest BCUT2D eigenvalue weighted by Gasteiger charge is 2.01. The molecular weight excluding hydrogens is 284 g/mol. The number of allylic oxidation sites excluding steroid dienone is 1. The third-order valence-electron chi connectivity index (χ3n) is 3.82. The average molecular weight is 319 g/mol. The summed E-state index contributed by atoms with van der Waals surface area (Å²) in [6.07, 6.45) is 17.1. The van der Waals surface area contributed by atoms with Crippen LogP contribution in [0.25, 0.3) is 0 Å². The van der Waals surface area contributed by atoms with E-state index in [2.05, 4.69) is 6.92 Å². The summed E-state index contributed by atoms with van der Waals surface area (Å²) in [7, 11) is -3.85. The van der Waals surface area contributed by atoms with Crippen LogP contribution in [0.5, 0.6) is 0 Å². The topological polar surface area (TPSA) is 54.4 Å². The van der Waals surface area contributed by atoms with Gasteiger partial charge < -0.3 is 0 Å². The van der Waals surface area contributed by atoms with Crippen LogP contribution in [-0.4, -0.2) is 18.7 Å². The molecule has 0 aliphatic carbocycles. The van der Waals surface area contributed by atoms with E-state index >= 15 is 0 Å². The predicted octanol–water partition coefficient (Wildman–Crippen LogP) is 5.52. The molecule has 0 aliphatic rings. The zero-order valence-corrected chi connectivity index (χ0v) is 14.8. The van der Waals surface area contributed by atoms with E-state index < -0.39 is 10.1 Å². The molecule has 0 amide bonds. The van der Waals surface area contributed by atoms with Gasteiger partial charge in [-0.2, -0.15) is 8.42 Å². The van der Waals surface area contributed by atoms with Crippen LogP contribution in [0, 0.1) is 0 Å². The molecule has 0 heterocycles. The summed E-state index contributed by atoms with van der Waals surface area (Å²) in [6.45, 7) is 4.18. The number of hydrogen-bond acceptors (Lipinski definition) is 2. The molecule has 0 radical (unpaired) electrons. The Morgan fingerprint density at radius 2 is 1.29 bits per heavy atom. The van der Waals surface area contributed by atoms with Crippen molar-refractivity contribution in [3.05, 3.63) is 11.6 Å². The molecule has 0 saturated heterocycles. The number of hydrogen-bond donors (Lipinski definition) is 1. The summed E-state index contributed by atoms with van der Waals surface area (Å²) in [6, 6.07) is 0. The smallest absolute Gasteiger partial charge is 0.268 e. The first kappa shape index (κ1) is 20.6. The van der Waals surface area contributed by atoms with Crippen LogP contribution in [-0.2, 0) is 10.1 Å². The molecule has 126 valence electrons. The van der Waals surface area contributed by atoms with Gasteiger partial charge in [0.15, 0.2) is 0 Å². The zero-order valence-electron chi connectivity index (χ0n) is 13.9. The molecule has 4 heteroatoms. The molecular formula is C17H34O3S. The summed E-state index contributed by atoms with van der Waals surface area (Å²) in [5, 5.41) is 0. The van der Waals surface area contributed by atoms with E-state index in [1.165, 1.54) is 64.2 Å². The number of rotatable bonds is 14. The summed E-state index contributed by atoms with van der Waals surface area (Å²) in [4.78, 5) is 0. The van der Waals surface area contributed by atoms with Gasteiger partial charge in [-0.3, -0.25) is 4.55 Å². The van der Waals surface area contributed by atoms with Gasteiger partial charge in [0.2, 0.25) is 0 Å². The van der Waals surface area contributed by atoms with E-state index in [1.807, 2.05) is 6.92 Å². The van der Waals surface area contributed by atoms with Crippen LogP contribution in [0.15, 0.2) is 11.6 Å². The van der Waals surface area contributed by atoms with E-state index in [-0.39, 0.29) is 5.75 Å². The minimum absolute atomic E-state index is 0.253. The molecule has 0 saturated carbocycles. The Bertz CT molecular complexity index is 358. The predicted molar refractivity (Wildman–Crippen MR) is 91.3 cm³/mol. The lowest BCUT2D eigenvalue weighted by molar-refractivity contribution is 0.486. The molecule has 0 aromatic heterocycles. The lowest BCUT2D eigenvalue weighted by atomic mass is 10.0. The van der Waals surface area contributed by atoms with Gasteiger partial charge in [0, 0.05) is 0 Å². The van der Waals surface area contributed by atoms with Gasteiger partial charge in [0.05, 0.1) is 5.75 Å². The summed E-state index contributed by atoms with van der Waals surface area (Å²) in [5.74, 6) is -0.253. The molecule has 21 heavy (non-hydrogen) atoms. The van der Waals surface area contributed by atoms with Gasteiger partial charge in [-0.15, -0.1) is 0 Å². The maximum atomic E-state index is 10.6. The van der Waals surface area contributed by atoms with Crippen LogP contribution < -0.4 is 0 Å². The van der Waals surface area contributed by atoms with E-state index in [0.717, 1.165) is 18.4 Å². The van der Waals surface area contributed by atoms with Crippen LogP contribution in [0.2, 0.25) is 0 Å². The maximum absolute atomic E-state index is 10.6. The van der Waals surface area contributed by atoms with Crippen molar-refractivity contribution in [1.29, 1.82) is 0 Å². The molecule has 0 bridgehead atoms. The second kappa shape index (κ2) is 13.3. The summed E-state index contributed by atoms with van der Waals surface area (Å²) < 4.78 is 29.9. The van der Waals surface area contributed by atoms with E-state index in [9.17, 15) is 8.42 Å². The summed E-state index contributed by atoms with van der Waals surface area (Å²) >= 11 is 0. The molecule has 0 unspecified atom stereocenters. The highest BCUT2D eigenvalue weighted by molar-refractivity contribution is 7.85. The minimum Gasteiger partial charge on any atom is -0.285 e. The first-order valence-corrected chi connectivity index (χ1v) is 10.2. The van der Waals surface area contributed by atoms with E-state index in [4.69, 9.17) is 4.55 Å².